The maximum atomic E-state index is 12.7. The Labute approximate surface area is 172 Å². The van der Waals surface area contributed by atoms with Gasteiger partial charge in [0.1, 0.15) is 5.75 Å². The smallest absolute Gasteiger partial charge is 0.259 e. The van der Waals surface area contributed by atoms with E-state index in [4.69, 9.17) is 10.5 Å². The fourth-order valence-electron chi connectivity index (χ4n) is 2.49. The number of nitrogens with zero attached hydrogens (tertiary/aromatic N) is 1. The normalized spacial score (nSPS) is 12.3. The van der Waals surface area contributed by atoms with Crippen LogP contribution in [0.15, 0.2) is 48.5 Å². The Balaban J connectivity index is 0.00000392. The van der Waals surface area contributed by atoms with Gasteiger partial charge in [-0.1, -0.05) is 43.3 Å². The van der Waals surface area contributed by atoms with Crippen molar-refractivity contribution in [3.63, 3.8) is 0 Å². The van der Waals surface area contributed by atoms with Gasteiger partial charge in [0, 0.05) is 20.1 Å². The van der Waals surface area contributed by atoms with Crippen LogP contribution in [0.5, 0.6) is 5.75 Å². The molecule has 152 valence electrons. The summed E-state index contributed by atoms with van der Waals surface area (Å²) in [5, 5.41) is 2.87. The number of hydrogen-bond acceptors (Lipinski definition) is 4. The number of carbonyl (C=O) groups excluding carboxylic acids is 2. The molecule has 0 aliphatic heterocycles. The van der Waals surface area contributed by atoms with E-state index in [-0.39, 0.29) is 30.8 Å². The Morgan fingerprint density at radius 2 is 1.79 bits per heavy atom. The van der Waals surface area contributed by atoms with Gasteiger partial charge in [-0.25, -0.2) is 0 Å². The summed E-state index contributed by atoms with van der Waals surface area (Å²) < 4.78 is 5.63. The highest BCUT2D eigenvalue weighted by Crippen LogP contribution is 2.28. The zero-order valence-electron chi connectivity index (χ0n) is 16.6. The van der Waals surface area contributed by atoms with Gasteiger partial charge < -0.3 is 20.7 Å². The molecular weight excluding hydrogens is 378 g/mol. The van der Waals surface area contributed by atoms with E-state index in [1.807, 2.05) is 43.3 Å². The molecule has 0 radical (unpaired) electrons. The average molecular weight is 406 g/mol. The SMILES string of the molecule is Cc1ccc(NC(=O)C(C)C(N)c2ccccc2)c(OCC(=O)N(C)C)c1.Cl. The number of likely N-dealkylation sites (N-methyl/N-ethyl adjacent to an activating group) is 1. The van der Waals surface area contributed by atoms with Crippen molar-refractivity contribution in [3.8, 4) is 5.75 Å². The van der Waals surface area contributed by atoms with Crippen LogP contribution in [-0.2, 0) is 9.59 Å². The molecule has 0 fully saturated rings. The van der Waals surface area contributed by atoms with Crippen molar-refractivity contribution < 1.29 is 14.3 Å². The van der Waals surface area contributed by atoms with Crippen molar-refractivity contribution in [2.24, 2.45) is 11.7 Å². The Morgan fingerprint density at radius 1 is 1.14 bits per heavy atom. The Bertz CT molecular complexity index is 797. The van der Waals surface area contributed by atoms with Crippen molar-refractivity contribution in [2.75, 3.05) is 26.0 Å². The highest BCUT2D eigenvalue weighted by molar-refractivity contribution is 5.94. The van der Waals surface area contributed by atoms with Gasteiger partial charge in [0.2, 0.25) is 5.91 Å². The number of ether oxygens (including phenoxy) is 1. The van der Waals surface area contributed by atoms with E-state index in [0.29, 0.717) is 11.4 Å². The Morgan fingerprint density at radius 3 is 2.39 bits per heavy atom. The first-order chi connectivity index (χ1) is 12.8. The first kappa shape index (κ1) is 23.5. The van der Waals surface area contributed by atoms with Crippen LogP contribution >= 0.6 is 12.4 Å². The van der Waals surface area contributed by atoms with E-state index in [9.17, 15) is 9.59 Å². The molecule has 0 heterocycles. The molecular formula is C21H28ClN3O3. The number of aryl methyl sites for hydroxylation is 1. The Hall–Kier alpha value is -2.57. The third-order valence-electron chi connectivity index (χ3n) is 4.38. The van der Waals surface area contributed by atoms with Crippen molar-refractivity contribution in [2.45, 2.75) is 19.9 Å². The van der Waals surface area contributed by atoms with Gasteiger partial charge in [0.15, 0.2) is 6.61 Å². The summed E-state index contributed by atoms with van der Waals surface area (Å²) in [5.74, 6) is -0.351. The van der Waals surface area contributed by atoms with Crippen LogP contribution in [0.25, 0.3) is 0 Å². The molecule has 2 aromatic carbocycles. The summed E-state index contributed by atoms with van der Waals surface area (Å²) >= 11 is 0. The molecule has 0 aliphatic rings. The molecule has 2 unspecified atom stereocenters. The van der Waals surface area contributed by atoms with E-state index in [1.54, 1.807) is 33.2 Å². The van der Waals surface area contributed by atoms with Crippen LogP contribution in [0, 0.1) is 12.8 Å². The largest absolute Gasteiger partial charge is 0.482 e. The number of nitrogens with one attached hydrogen (secondary N) is 1. The molecule has 3 N–H and O–H groups in total. The number of anilines is 1. The number of benzene rings is 2. The summed E-state index contributed by atoms with van der Waals surface area (Å²) in [6.07, 6.45) is 0. The first-order valence-corrected chi connectivity index (χ1v) is 8.84. The number of nitrogens with two attached hydrogens (primary N) is 1. The standard InChI is InChI=1S/C21H27N3O3.ClH/c1-14-10-11-17(18(12-14)27-13-19(25)24(3)4)23-21(26)15(2)20(22)16-8-6-5-7-9-16;/h5-12,15,20H,13,22H2,1-4H3,(H,23,26);1H. The van der Waals surface area contributed by atoms with Crippen LogP contribution in [-0.4, -0.2) is 37.4 Å². The number of rotatable bonds is 7. The van der Waals surface area contributed by atoms with Gasteiger partial charge in [-0.05, 0) is 30.2 Å². The van der Waals surface area contributed by atoms with E-state index >= 15 is 0 Å². The lowest BCUT2D eigenvalue weighted by atomic mass is 9.94. The van der Waals surface area contributed by atoms with Crippen LogP contribution in [0.2, 0.25) is 0 Å². The van der Waals surface area contributed by atoms with E-state index in [2.05, 4.69) is 5.32 Å². The predicted octanol–water partition coefficient (Wildman–Crippen LogP) is 3.16. The topological polar surface area (TPSA) is 84.7 Å². The molecule has 28 heavy (non-hydrogen) atoms. The van der Waals surface area contributed by atoms with Gasteiger partial charge in [-0.2, -0.15) is 0 Å². The van der Waals surface area contributed by atoms with E-state index in [1.165, 1.54) is 4.90 Å². The van der Waals surface area contributed by atoms with E-state index < -0.39 is 12.0 Å². The van der Waals surface area contributed by atoms with Crippen molar-refractivity contribution in [3.05, 3.63) is 59.7 Å². The van der Waals surface area contributed by atoms with Gasteiger partial charge >= 0.3 is 0 Å². The molecule has 0 aromatic heterocycles. The monoisotopic (exact) mass is 405 g/mol. The molecule has 2 rings (SSSR count). The summed E-state index contributed by atoms with van der Waals surface area (Å²) in [6, 6.07) is 14.5. The lowest BCUT2D eigenvalue weighted by molar-refractivity contribution is -0.130. The quantitative estimate of drug-likeness (QED) is 0.741. The van der Waals surface area contributed by atoms with Crippen molar-refractivity contribution >= 4 is 29.9 Å². The molecule has 2 amide bonds. The Kier molecular flexibility index (Phi) is 8.96. The molecule has 0 saturated carbocycles. The fraction of sp³-hybridized carbons (Fsp3) is 0.333. The van der Waals surface area contributed by atoms with Gasteiger partial charge in [0.25, 0.3) is 5.91 Å². The number of amides is 2. The molecule has 0 spiro atoms. The van der Waals surface area contributed by atoms with Crippen LogP contribution < -0.4 is 15.8 Å². The minimum Gasteiger partial charge on any atom is -0.482 e. The third kappa shape index (κ3) is 6.25. The van der Waals surface area contributed by atoms with Gasteiger partial charge in [-0.15, -0.1) is 12.4 Å². The zero-order chi connectivity index (χ0) is 20.0. The highest BCUT2D eigenvalue weighted by Gasteiger charge is 2.23. The molecule has 0 bridgehead atoms. The molecule has 2 aromatic rings. The van der Waals surface area contributed by atoms with Crippen LogP contribution in [0.4, 0.5) is 5.69 Å². The lowest BCUT2D eigenvalue weighted by Crippen LogP contribution is -2.31. The summed E-state index contributed by atoms with van der Waals surface area (Å²) in [7, 11) is 3.33. The maximum Gasteiger partial charge on any atom is 0.259 e. The number of halogens is 1. The molecule has 7 heteroatoms. The third-order valence-corrected chi connectivity index (χ3v) is 4.38. The maximum absolute atomic E-state index is 12.7. The van der Waals surface area contributed by atoms with Gasteiger partial charge in [-0.3, -0.25) is 9.59 Å². The summed E-state index contributed by atoms with van der Waals surface area (Å²) in [4.78, 5) is 25.9. The summed E-state index contributed by atoms with van der Waals surface area (Å²) in [5.41, 5.74) is 8.63. The average Bonchev–Trinajstić information content (AvgIpc) is 2.67. The van der Waals surface area contributed by atoms with Gasteiger partial charge in [0.05, 0.1) is 11.6 Å². The van der Waals surface area contributed by atoms with E-state index in [0.717, 1.165) is 11.1 Å². The number of carbonyl (C=O) groups is 2. The molecule has 6 nitrogen and oxygen atoms in total. The lowest BCUT2D eigenvalue weighted by Gasteiger charge is -2.21. The van der Waals surface area contributed by atoms with Crippen molar-refractivity contribution in [1.29, 1.82) is 0 Å². The zero-order valence-corrected chi connectivity index (χ0v) is 17.5. The summed E-state index contributed by atoms with van der Waals surface area (Å²) in [6.45, 7) is 3.61. The fourth-order valence-corrected chi connectivity index (χ4v) is 2.49. The second-order valence-electron chi connectivity index (χ2n) is 6.79. The minimum absolute atomic E-state index is 0. The number of hydrogen-bond donors (Lipinski definition) is 2. The second-order valence-corrected chi connectivity index (χ2v) is 6.79. The molecule has 2 atom stereocenters. The predicted molar refractivity (Wildman–Crippen MR) is 114 cm³/mol. The van der Waals surface area contributed by atoms with Crippen LogP contribution in [0.1, 0.15) is 24.1 Å². The first-order valence-electron chi connectivity index (χ1n) is 8.84. The van der Waals surface area contributed by atoms with Crippen LogP contribution in [0.3, 0.4) is 0 Å². The van der Waals surface area contributed by atoms with Crippen molar-refractivity contribution in [1.82, 2.24) is 4.90 Å². The molecule has 0 aliphatic carbocycles. The minimum atomic E-state index is -0.440. The highest BCUT2D eigenvalue weighted by atomic mass is 35.5. The second kappa shape index (κ2) is 10.7. The molecule has 0 saturated heterocycles.